The Balaban J connectivity index is 1.55. The van der Waals surface area contributed by atoms with Crippen molar-refractivity contribution in [3.63, 3.8) is 0 Å². The lowest BCUT2D eigenvalue weighted by molar-refractivity contribution is -0.134. The summed E-state index contributed by atoms with van der Waals surface area (Å²) < 4.78 is 16.1. The molecule has 31 heavy (non-hydrogen) atoms. The van der Waals surface area contributed by atoms with Crippen molar-refractivity contribution in [3.05, 3.63) is 72.8 Å². The average Bonchev–Trinajstić information content (AvgIpc) is 2.82. The van der Waals surface area contributed by atoms with Crippen LogP contribution in [0.5, 0.6) is 11.5 Å². The number of esters is 1. The Kier molecular flexibility index (Phi) is 8.68. The molecular formula is C27H30O4. The smallest absolute Gasteiger partial charge is 0.310 e. The van der Waals surface area contributed by atoms with Crippen molar-refractivity contribution >= 4 is 5.97 Å². The van der Waals surface area contributed by atoms with E-state index >= 15 is 0 Å². The summed E-state index contributed by atoms with van der Waals surface area (Å²) in [6.07, 6.45) is 3.59. The van der Waals surface area contributed by atoms with Crippen molar-refractivity contribution < 1.29 is 19.0 Å². The van der Waals surface area contributed by atoms with E-state index in [9.17, 15) is 4.79 Å². The normalized spacial score (nSPS) is 10.6. The molecule has 3 aromatic rings. The van der Waals surface area contributed by atoms with E-state index in [4.69, 9.17) is 14.2 Å². The number of hydrogen-bond donors (Lipinski definition) is 0. The molecule has 0 aliphatic heterocycles. The zero-order valence-corrected chi connectivity index (χ0v) is 18.3. The van der Waals surface area contributed by atoms with Crippen LogP contribution in [0.4, 0.5) is 0 Å². The van der Waals surface area contributed by atoms with E-state index in [1.54, 1.807) is 14.0 Å². The number of hydrogen-bond acceptors (Lipinski definition) is 4. The molecule has 0 amide bonds. The largest absolute Gasteiger partial charge is 0.494 e. The zero-order valence-electron chi connectivity index (χ0n) is 18.3. The highest BCUT2D eigenvalue weighted by atomic mass is 16.5. The first-order valence-electron chi connectivity index (χ1n) is 10.8. The summed E-state index contributed by atoms with van der Waals surface area (Å²) in [6, 6.07) is 24.3. The van der Waals surface area contributed by atoms with E-state index < -0.39 is 0 Å². The maximum Gasteiger partial charge on any atom is 0.310 e. The Morgan fingerprint density at radius 2 is 1.10 bits per heavy atom. The lowest BCUT2D eigenvalue weighted by Crippen LogP contribution is -2.05. The van der Waals surface area contributed by atoms with Gasteiger partial charge in [-0.1, -0.05) is 55.5 Å². The van der Waals surface area contributed by atoms with Gasteiger partial charge in [0.1, 0.15) is 11.5 Å². The Morgan fingerprint density at radius 3 is 1.58 bits per heavy atom. The summed E-state index contributed by atoms with van der Waals surface area (Å²) in [7, 11) is 1.73. The van der Waals surface area contributed by atoms with Crippen molar-refractivity contribution in [2.75, 3.05) is 20.3 Å². The molecule has 0 fully saturated rings. The van der Waals surface area contributed by atoms with Crippen molar-refractivity contribution in [1.29, 1.82) is 0 Å². The molecule has 0 atom stereocenters. The van der Waals surface area contributed by atoms with Gasteiger partial charge in [0.05, 0.1) is 6.61 Å². The molecule has 3 aromatic carbocycles. The van der Waals surface area contributed by atoms with Crippen LogP contribution in [0.25, 0.3) is 22.3 Å². The van der Waals surface area contributed by atoms with Crippen LogP contribution in [0, 0.1) is 0 Å². The van der Waals surface area contributed by atoms with Crippen molar-refractivity contribution in [1.82, 2.24) is 0 Å². The molecule has 3 rings (SSSR count). The van der Waals surface area contributed by atoms with Gasteiger partial charge in [0.25, 0.3) is 0 Å². The van der Waals surface area contributed by atoms with E-state index in [2.05, 4.69) is 36.4 Å². The van der Waals surface area contributed by atoms with Gasteiger partial charge in [0.15, 0.2) is 0 Å². The van der Waals surface area contributed by atoms with Crippen LogP contribution < -0.4 is 9.47 Å². The van der Waals surface area contributed by atoms with Crippen LogP contribution in [0.15, 0.2) is 72.8 Å². The third-order valence-electron chi connectivity index (χ3n) is 5.04. The molecular weight excluding hydrogens is 388 g/mol. The van der Waals surface area contributed by atoms with Crippen molar-refractivity contribution in [2.24, 2.45) is 0 Å². The lowest BCUT2D eigenvalue weighted by atomic mass is 10.0. The number of benzene rings is 3. The number of ether oxygens (including phenoxy) is 3. The second-order valence-electron chi connectivity index (χ2n) is 7.36. The highest BCUT2D eigenvalue weighted by Gasteiger charge is 2.04. The summed E-state index contributed by atoms with van der Waals surface area (Å²) in [6.45, 7) is 3.33. The van der Waals surface area contributed by atoms with Gasteiger partial charge in [0.2, 0.25) is 0 Å². The third-order valence-corrected chi connectivity index (χ3v) is 5.04. The minimum Gasteiger partial charge on any atom is -0.494 e. The fourth-order valence-electron chi connectivity index (χ4n) is 3.23. The highest BCUT2D eigenvalue weighted by molar-refractivity contribution is 5.73. The first-order valence-corrected chi connectivity index (χ1v) is 10.8. The summed E-state index contributed by atoms with van der Waals surface area (Å²) in [5.74, 6) is 1.25. The van der Waals surface area contributed by atoms with E-state index in [0.717, 1.165) is 60.5 Å². The third kappa shape index (κ3) is 6.97. The molecule has 0 heterocycles. The van der Waals surface area contributed by atoms with Gasteiger partial charge in [-0.3, -0.25) is 4.79 Å². The summed E-state index contributed by atoms with van der Waals surface area (Å²) in [4.78, 5) is 11.4. The van der Waals surface area contributed by atoms with Crippen LogP contribution in [0.2, 0.25) is 0 Å². The Hall–Kier alpha value is -3.11. The predicted octanol–water partition coefficient (Wildman–Crippen LogP) is 6.53. The zero-order chi connectivity index (χ0) is 21.9. The van der Waals surface area contributed by atoms with Crippen LogP contribution >= 0.6 is 0 Å². The van der Waals surface area contributed by atoms with E-state index in [0.29, 0.717) is 12.2 Å². The number of carbonyl (C=O) groups is 1. The van der Waals surface area contributed by atoms with Gasteiger partial charge in [-0.05, 0) is 65.8 Å². The number of unbranched alkanes of at least 4 members (excludes halogenated alkanes) is 2. The first kappa shape index (κ1) is 22.6. The predicted molar refractivity (Wildman–Crippen MR) is 124 cm³/mol. The topological polar surface area (TPSA) is 44.8 Å². The molecule has 0 saturated heterocycles. The van der Waals surface area contributed by atoms with Gasteiger partial charge in [-0.15, -0.1) is 0 Å². The van der Waals surface area contributed by atoms with Crippen LogP contribution in [0.1, 0.15) is 32.6 Å². The van der Waals surface area contributed by atoms with Crippen molar-refractivity contribution in [3.8, 4) is 33.8 Å². The van der Waals surface area contributed by atoms with E-state index in [1.807, 2.05) is 36.4 Å². The van der Waals surface area contributed by atoms with E-state index in [1.165, 1.54) is 0 Å². The second kappa shape index (κ2) is 11.9. The quantitative estimate of drug-likeness (QED) is 0.202. The fraction of sp³-hybridized carbons (Fsp3) is 0.296. The van der Waals surface area contributed by atoms with Crippen LogP contribution in [-0.4, -0.2) is 26.3 Å². The maximum atomic E-state index is 11.4. The molecule has 162 valence electrons. The molecule has 0 bridgehead atoms. The molecule has 0 aliphatic carbocycles. The maximum absolute atomic E-state index is 11.4. The van der Waals surface area contributed by atoms with Gasteiger partial charge in [-0.25, -0.2) is 0 Å². The molecule has 0 radical (unpaired) electrons. The number of carbonyl (C=O) groups excluding carboxylic acids is 1. The van der Waals surface area contributed by atoms with Gasteiger partial charge < -0.3 is 14.2 Å². The monoisotopic (exact) mass is 418 g/mol. The van der Waals surface area contributed by atoms with Crippen LogP contribution in [0.3, 0.4) is 0 Å². The van der Waals surface area contributed by atoms with Gasteiger partial charge in [0, 0.05) is 20.1 Å². The molecule has 4 heteroatoms. The minimum atomic E-state index is -0.226. The van der Waals surface area contributed by atoms with Crippen molar-refractivity contribution in [2.45, 2.75) is 32.6 Å². The first-order chi connectivity index (χ1) is 15.2. The summed E-state index contributed by atoms with van der Waals surface area (Å²) >= 11 is 0. The Morgan fingerprint density at radius 1 is 0.645 bits per heavy atom. The van der Waals surface area contributed by atoms with E-state index in [-0.39, 0.29) is 5.97 Å². The molecule has 0 aromatic heterocycles. The summed E-state index contributed by atoms with van der Waals surface area (Å²) in [5, 5.41) is 0. The minimum absolute atomic E-state index is 0.226. The second-order valence-corrected chi connectivity index (χ2v) is 7.36. The molecule has 4 nitrogen and oxygen atoms in total. The lowest BCUT2D eigenvalue weighted by Gasteiger charge is -2.09. The molecule has 0 spiro atoms. The SMILES string of the molecule is CCC(=O)Oc1ccc(-c2ccc(-c3ccc(OCCCCCOC)cc3)cc2)cc1. The Labute approximate surface area is 184 Å². The molecule has 0 aliphatic rings. The Bertz CT molecular complexity index is 928. The molecule has 0 unspecified atom stereocenters. The molecule has 0 saturated carbocycles. The average molecular weight is 419 g/mol. The standard InChI is InChI=1S/C27H30O4/c1-3-27(28)31-26-17-13-24(14-18-26)22-9-7-21(8-10-22)23-11-15-25(16-12-23)30-20-6-4-5-19-29-2/h7-18H,3-6,19-20H2,1-2H3. The van der Waals surface area contributed by atoms with Crippen LogP contribution in [-0.2, 0) is 9.53 Å². The fourth-order valence-corrected chi connectivity index (χ4v) is 3.23. The number of rotatable bonds is 11. The molecule has 0 N–H and O–H groups in total. The van der Waals surface area contributed by atoms with Gasteiger partial charge in [-0.2, -0.15) is 0 Å². The number of methoxy groups -OCH3 is 1. The highest BCUT2D eigenvalue weighted by Crippen LogP contribution is 2.27. The van der Waals surface area contributed by atoms with Gasteiger partial charge >= 0.3 is 5.97 Å². The summed E-state index contributed by atoms with van der Waals surface area (Å²) in [5.41, 5.74) is 4.51.